The standard InChI is InChI=1S/C15H14ClF2N/c16-13-6-2-1-4-10(13)8-12(19)9-11-5-3-7-14(17)15(11)18/h1-7,12H,8-9,19H2. The van der Waals surface area contributed by atoms with Gasteiger partial charge in [0, 0.05) is 11.1 Å². The van der Waals surface area contributed by atoms with Gasteiger partial charge in [-0.25, -0.2) is 8.78 Å². The molecule has 0 aliphatic rings. The molecule has 0 bridgehead atoms. The van der Waals surface area contributed by atoms with E-state index in [0.29, 0.717) is 17.0 Å². The van der Waals surface area contributed by atoms with Crippen LogP contribution in [0.2, 0.25) is 5.02 Å². The van der Waals surface area contributed by atoms with E-state index in [2.05, 4.69) is 0 Å². The third-order valence-corrected chi connectivity index (χ3v) is 3.32. The largest absolute Gasteiger partial charge is 0.327 e. The molecule has 0 heterocycles. The second-order valence-electron chi connectivity index (χ2n) is 4.47. The molecule has 100 valence electrons. The number of benzene rings is 2. The van der Waals surface area contributed by atoms with Crippen molar-refractivity contribution in [2.24, 2.45) is 5.73 Å². The van der Waals surface area contributed by atoms with Gasteiger partial charge in [-0.2, -0.15) is 0 Å². The Balaban J connectivity index is 2.08. The minimum absolute atomic E-state index is 0.273. The Hall–Kier alpha value is -1.45. The summed E-state index contributed by atoms with van der Waals surface area (Å²) in [6.45, 7) is 0. The molecule has 0 aromatic heterocycles. The molecule has 0 spiro atoms. The van der Waals surface area contributed by atoms with Crippen LogP contribution in [-0.2, 0) is 12.8 Å². The molecule has 4 heteroatoms. The van der Waals surface area contributed by atoms with Gasteiger partial charge in [0.05, 0.1) is 0 Å². The number of nitrogens with two attached hydrogens (primary N) is 1. The van der Waals surface area contributed by atoms with Gasteiger partial charge in [-0.15, -0.1) is 0 Å². The van der Waals surface area contributed by atoms with Crippen molar-refractivity contribution in [2.75, 3.05) is 0 Å². The van der Waals surface area contributed by atoms with Gasteiger partial charge in [0.25, 0.3) is 0 Å². The van der Waals surface area contributed by atoms with Crippen molar-refractivity contribution in [3.05, 3.63) is 70.2 Å². The van der Waals surface area contributed by atoms with E-state index in [0.717, 1.165) is 11.6 Å². The van der Waals surface area contributed by atoms with Crippen molar-refractivity contribution >= 4 is 11.6 Å². The molecule has 2 aromatic carbocycles. The van der Waals surface area contributed by atoms with Crippen molar-refractivity contribution < 1.29 is 8.78 Å². The Morgan fingerprint density at radius 2 is 1.58 bits per heavy atom. The van der Waals surface area contributed by atoms with Gasteiger partial charge >= 0.3 is 0 Å². The molecule has 1 unspecified atom stereocenters. The highest BCUT2D eigenvalue weighted by molar-refractivity contribution is 6.31. The molecule has 1 atom stereocenters. The molecule has 1 nitrogen and oxygen atoms in total. The molecule has 0 radical (unpaired) electrons. The van der Waals surface area contributed by atoms with Crippen molar-refractivity contribution in [3.8, 4) is 0 Å². The molecular formula is C15H14ClF2N. The van der Waals surface area contributed by atoms with Gasteiger partial charge < -0.3 is 5.73 Å². The summed E-state index contributed by atoms with van der Waals surface area (Å²) in [4.78, 5) is 0. The van der Waals surface area contributed by atoms with E-state index in [-0.39, 0.29) is 12.5 Å². The number of hydrogen-bond donors (Lipinski definition) is 1. The summed E-state index contributed by atoms with van der Waals surface area (Å²) in [6, 6.07) is 11.2. The summed E-state index contributed by atoms with van der Waals surface area (Å²) in [5.41, 5.74) is 7.18. The molecule has 0 saturated heterocycles. The molecule has 0 aliphatic heterocycles. The zero-order valence-corrected chi connectivity index (χ0v) is 11.0. The van der Waals surface area contributed by atoms with Crippen LogP contribution in [0, 0.1) is 11.6 Å². The van der Waals surface area contributed by atoms with E-state index in [1.807, 2.05) is 18.2 Å². The second kappa shape index (κ2) is 6.13. The molecule has 0 saturated carbocycles. The zero-order valence-electron chi connectivity index (χ0n) is 10.2. The van der Waals surface area contributed by atoms with Crippen LogP contribution in [0.4, 0.5) is 8.78 Å². The fourth-order valence-corrected chi connectivity index (χ4v) is 2.22. The fourth-order valence-electron chi connectivity index (χ4n) is 2.01. The van der Waals surface area contributed by atoms with E-state index in [9.17, 15) is 8.78 Å². The SMILES string of the molecule is NC(Cc1ccccc1Cl)Cc1cccc(F)c1F. The van der Waals surface area contributed by atoms with E-state index >= 15 is 0 Å². The molecule has 2 aromatic rings. The Kier molecular flexibility index (Phi) is 4.51. The van der Waals surface area contributed by atoms with Gasteiger partial charge in [0.15, 0.2) is 11.6 Å². The molecule has 0 fully saturated rings. The van der Waals surface area contributed by atoms with Crippen LogP contribution in [0.25, 0.3) is 0 Å². The maximum absolute atomic E-state index is 13.5. The first kappa shape index (κ1) is 14.0. The van der Waals surface area contributed by atoms with E-state index in [1.54, 1.807) is 12.1 Å². The zero-order chi connectivity index (χ0) is 13.8. The Morgan fingerprint density at radius 1 is 0.947 bits per heavy atom. The van der Waals surface area contributed by atoms with Crippen LogP contribution in [0.1, 0.15) is 11.1 Å². The normalized spacial score (nSPS) is 12.4. The fraction of sp³-hybridized carbons (Fsp3) is 0.200. The molecule has 2 N–H and O–H groups in total. The van der Waals surface area contributed by atoms with Gasteiger partial charge in [-0.05, 0) is 36.1 Å². The number of rotatable bonds is 4. The molecule has 19 heavy (non-hydrogen) atoms. The average Bonchev–Trinajstić information content (AvgIpc) is 2.38. The molecule has 0 aliphatic carbocycles. The maximum atomic E-state index is 13.5. The minimum atomic E-state index is -0.845. The minimum Gasteiger partial charge on any atom is -0.327 e. The van der Waals surface area contributed by atoms with Crippen LogP contribution >= 0.6 is 11.6 Å². The lowest BCUT2D eigenvalue weighted by molar-refractivity contribution is 0.492. The van der Waals surface area contributed by atoms with Gasteiger partial charge in [-0.3, -0.25) is 0 Å². The summed E-state index contributed by atoms with van der Waals surface area (Å²) < 4.78 is 26.6. The molecule has 2 rings (SSSR count). The number of hydrogen-bond acceptors (Lipinski definition) is 1. The van der Waals surface area contributed by atoms with Gasteiger partial charge in [-0.1, -0.05) is 41.9 Å². The van der Waals surface area contributed by atoms with Crippen LogP contribution in [0.5, 0.6) is 0 Å². The van der Waals surface area contributed by atoms with Crippen molar-refractivity contribution in [2.45, 2.75) is 18.9 Å². The highest BCUT2D eigenvalue weighted by Crippen LogP contribution is 2.18. The van der Waals surface area contributed by atoms with Crippen molar-refractivity contribution in [1.82, 2.24) is 0 Å². The predicted octanol–water partition coefficient (Wildman–Crippen LogP) is 3.73. The average molecular weight is 282 g/mol. The van der Waals surface area contributed by atoms with Crippen LogP contribution in [0.15, 0.2) is 42.5 Å². The molecule has 0 amide bonds. The Morgan fingerprint density at radius 3 is 2.32 bits per heavy atom. The Bertz CT molecular complexity index is 572. The third kappa shape index (κ3) is 3.52. The van der Waals surface area contributed by atoms with Crippen LogP contribution in [-0.4, -0.2) is 6.04 Å². The summed E-state index contributed by atoms with van der Waals surface area (Å²) in [5.74, 6) is -1.67. The summed E-state index contributed by atoms with van der Waals surface area (Å²) in [6.07, 6.45) is 0.796. The lowest BCUT2D eigenvalue weighted by Crippen LogP contribution is -2.26. The predicted molar refractivity (Wildman–Crippen MR) is 73.2 cm³/mol. The maximum Gasteiger partial charge on any atom is 0.162 e. The summed E-state index contributed by atoms with van der Waals surface area (Å²) in [5, 5.41) is 0.637. The van der Waals surface area contributed by atoms with E-state index < -0.39 is 11.6 Å². The molecular weight excluding hydrogens is 268 g/mol. The van der Waals surface area contributed by atoms with Crippen LogP contribution in [0.3, 0.4) is 0 Å². The lowest BCUT2D eigenvalue weighted by Gasteiger charge is -2.13. The van der Waals surface area contributed by atoms with Gasteiger partial charge in [0.1, 0.15) is 0 Å². The smallest absolute Gasteiger partial charge is 0.162 e. The van der Waals surface area contributed by atoms with E-state index in [1.165, 1.54) is 6.07 Å². The first-order valence-corrected chi connectivity index (χ1v) is 6.37. The Labute approximate surface area is 116 Å². The van der Waals surface area contributed by atoms with Crippen molar-refractivity contribution in [3.63, 3.8) is 0 Å². The number of halogens is 3. The summed E-state index contributed by atoms with van der Waals surface area (Å²) in [7, 11) is 0. The quantitative estimate of drug-likeness (QED) is 0.908. The monoisotopic (exact) mass is 281 g/mol. The van der Waals surface area contributed by atoms with E-state index in [4.69, 9.17) is 17.3 Å². The third-order valence-electron chi connectivity index (χ3n) is 2.95. The first-order valence-electron chi connectivity index (χ1n) is 6.00. The second-order valence-corrected chi connectivity index (χ2v) is 4.88. The van der Waals surface area contributed by atoms with Crippen LogP contribution < -0.4 is 5.73 Å². The highest BCUT2D eigenvalue weighted by Gasteiger charge is 2.13. The van der Waals surface area contributed by atoms with Gasteiger partial charge in [0.2, 0.25) is 0 Å². The first-order chi connectivity index (χ1) is 9.08. The lowest BCUT2D eigenvalue weighted by atomic mass is 9.99. The van der Waals surface area contributed by atoms with Crippen molar-refractivity contribution in [1.29, 1.82) is 0 Å². The summed E-state index contributed by atoms with van der Waals surface area (Å²) >= 11 is 6.04. The topological polar surface area (TPSA) is 26.0 Å². The highest BCUT2D eigenvalue weighted by atomic mass is 35.5.